The van der Waals surface area contributed by atoms with Gasteiger partial charge in [0.2, 0.25) is 5.88 Å². The molecule has 0 spiro atoms. The van der Waals surface area contributed by atoms with Gasteiger partial charge in [0.25, 0.3) is 0 Å². The summed E-state index contributed by atoms with van der Waals surface area (Å²) in [4.78, 5) is 20.0. The summed E-state index contributed by atoms with van der Waals surface area (Å²) in [6.07, 6.45) is 2.55. The van der Waals surface area contributed by atoms with Gasteiger partial charge in [-0.2, -0.15) is 4.98 Å². The number of aryl methyl sites for hydroxylation is 1. The van der Waals surface area contributed by atoms with Gasteiger partial charge in [0.15, 0.2) is 17.4 Å². The fraction of sp³-hybridized carbons (Fsp3) is 0.227. The zero-order chi connectivity index (χ0) is 20.4. The predicted molar refractivity (Wildman–Crippen MR) is 104 cm³/mol. The van der Waals surface area contributed by atoms with E-state index in [1.54, 1.807) is 36.4 Å². The molecule has 1 heterocycles. The summed E-state index contributed by atoms with van der Waals surface area (Å²) in [5.74, 6) is 0.190. The molecule has 4 rings (SSSR count). The van der Waals surface area contributed by atoms with Gasteiger partial charge in [-0.05, 0) is 55.2 Å². The van der Waals surface area contributed by atoms with Crippen molar-refractivity contribution in [3.05, 3.63) is 65.1 Å². The third-order valence-electron chi connectivity index (χ3n) is 4.80. The van der Waals surface area contributed by atoms with Crippen LogP contribution in [0.1, 0.15) is 23.2 Å². The van der Waals surface area contributed by atoms with E-state index in [4.69, 9.17) is 14.6 Å². The highest BCUT2D eigenvalue weighted by Gasteiger charge is 2.22. The Hall–Kier alpha value is -3.48. The van der Waals surface area contributed by atoms with Crippen LogP contribution in [0.25, 0.3) is 11.4 Å². The number of aromatic nitrogens is 2. The van der Waals surface area contributed by atoms with Crippen LogP contribution < -0.4 is 9.47 Å². The Labute approximate surface area is 167 Å². The van der Waals surface area contributed by atoms with Crippen molar-refractivity contribution < 1.29 is 23.8 Å². The van der Waals surface area contributed by atoms with Crippen LogP contribution in [0.5, 0.6) is 17.4 Å². The lowest BCUT2D eigenvalue weighted by Gasteiger charge is -2.12. The lowest BCUT2D eigenvalue weighted by molar-refractivity contribution is -0.136. The summed E-state index contributed by atoms with van der Waals surface area (Å²) < 4.78 is 25.1. The van der Waals surface area contributed by atoms with Gasteiger partial charge in [0.1, 0.15) is 5.75 Å². The summed E-state index contributed by atoms with van der Waals surface area (Å²) in [6, 6.07) is 11.5. The zero-order valence-electron chi connectivity index (χ0n) is 15.8. The molecule has 0 fully saturated rings. The van der Waals surface area contributed by atoms with Gasteiger partial charge >= 0.3 is 5.97 Å². The van der Waals surface area contributed by atoms with E-state index >= 15 is 0 Å². The van der Waals surface area contributed by atoms with Crippen LogP contribution in [0, 0.1) is 5.82 Å². The second-order valence-electron chi connectivity index (χ2n) is 6.80. The molecule has 1 aromatic heterocycles. The maximum Gasteiger partial charge on any atom is 0.307 e. The predicted octanol–water partition coefficient (Wildman–Crippen LogP) is 4.20. The summed E-state index contributed by atoms with van der Waals surface area (Å²) >= 11 is 0. The molecular weight excluding hydrogens is 375 g/mol. The van der Waals surface area contributed by atoms with Crippen molar-refractivity contribution in [2.24, 2.45) is 0 Å². The number of nitrogens with zero attached hydrogens (tertiary/aromatic N) is 2. The number of carboxylic acids is 1. The number of rotatable bonds is 6. The van der Waals surface area contributed by atoms with Crippen molar-refractivity contribution in [1.82, 2.24) is 9.97 Å². The molecule has 2 aromatic carbocycles. The first-order valence-corrected chi connectivity index (χ1v) is 9.26. The van der Waals surface area contributed by atoms with Gasteiger partial charge in [-0.1, -0.05) is 12.1 Å². The quantitative estimate of drug-likeness (QED) is 0.675. The summed E-state index contributed by atoms with van der Waals surface area (Å²) in [5.41, 5.74) is 3.09. The third-order valence-corrected chi connectivity index (χ3v) is 4.80. The molecule has 0 saturated heterocycles. The minimum Gasteiger partial charge on any atom is -0.494 e. The van der Waals surface area contributed by atoms with E-state index < -0.39 is 11.8 Å². The van der Waals surface area contributed by atoms with Crippen molar-refractivity contribution in [3.63, 3.8) is 0 Å². The molecule has 0 atom stereocenters. The van der Waals surface area contributed by atoms with Crippen LogP contribution in [0.2, 0.25) is 0 Å². The number of benzene rings is 2. The van der Waals surface area contributed by atoms with Crippen LogP contribution in [0.3, 0.4) is 0 Å². The number of hydrogen-bond donors (Lipinski definition) is 1. The van der Waals surface area contributed by atoms with Crippen molar-refractivity contribution >= 4 is 5.97 Å². The Morgan fingerprint density at radius 3 is 2.62 bits per heavy atom. The number of hydrogen-bond acceptors (Lipinski definition) is 5. The number of halogens is 1. The van der Waals surface area contributed by atoms with Gasteiger partial charge in [0.05, 0.1) is 19.2 Å². The molecule has 7 heteroatoms. The number of methoxy groups -OCH3 is 1. The van der Waals surface area contributed by atoms with Crippen LogP contribution in [0.15, 0.2) is 42.5 Å². The molecule has 3 aromatic rings. The Kier molecular flexibility index (Phi) is 5.12. The van der Waals surface area contributed by atoms with Crippen molar-refractivity contribution in [1.29, 1.82) is 0 Å². The molecule has 1 aliphatic carbocycles. The van der Waals surface area contributed by atoms with Gasteiger partial charge in [0, 0.05) is 11.1 Å². The molecule has 1 N–H and O–H groups in total. The number of carbonyl (C=O) groups is 1. The highest BCUT2D eigenvalue weighted by atomic mass is 19.1. The average molecular weight is 394 g/mol. The Morgan fingerprint density at radius 1 is 1.14 bits per heavy atom. The summed E-state index contributed by atoms with van der Waals surface area (Å²) in [5, 5.41) is 8.89. The standard InChI is InChI=1S/C22H19FN2O4/c1-28-19-10-7-14(12-17(19)23)21-24-18-4-2-3-16(18)22(25-21)29-15-8-5-13(6-9-15)11-20(26)27/h5-10,12H,2-4,11H2,1H3,(H,26,27). The fourth-order valence-electron chi connectivity index (χ4n) is 3.38. The number of fused-ring (bicyclic) bond motifs is 1. The topological polar surface area (TPSA) is 81.5 Å². The molecule has 29 heavy (non-hydrogen) atoms. The van der Waals surface area contributed by atoms with E-state index in [9.17, 15) is 9.18 Å². The highest BCUT2D eigenvalue weighted by Crippen LogP contribution is 2.34. The molecule has 0 aliphatic heterocycles. The van der Waals surface area contributed by atoms with Crippen LogP contribution >= 0.6 is 0 Å². The fourth-order valence-corrected chi connectivity index (χ4v) is 3.38. The van der Waals surface area contributed by atoms with Crippen molar-refractivity contribution in [2.45, 2.75) is 25.7 Å². The highest BCUT2D eigenvalue weighted by molar-refractivity contribution is 5.70. The lowest BCUT2D eigenvalue weighted by Crippen LogP contribution is -2.02. The molecule has 1 aliphatic rings. The molecular formula is C22H19FN2O4. The SMILES string of the molecule is COc1ccc(-c2nc3c(c(Oc4ccc(CC(=O)O)cc4)n2)CCC3)cc1F. The van der Waals surface area contributed by atoms with Crippen LogP contribution in [-0.4, -0.2) is 28.2 Å². The first-order valence-electron chi connectivity index (χ1n) is 9.26. The van der Waals surface area contributed by atoms with E-state index in [1.807, 2.05) is 0 Å². The summed E-state index contributed by atoms with van der Waals surface area (Å²) in [6.45, 7) is 0. The molecule has 0 bridgehead atoms. The largest absolute Gasteiger partial charge is 0.494 e. The van der Waals surface area contributed by atoms with E-state index in [0.717, 1.165) is 30.5 Å². The molecule has 0 radical (unpaired) electrons. The second kappa shape index (κ2) is 7.87. The minimum atomic E-state index is -0.886. The van der Waals surface area contributed by atoms with Crippen LogP contribution in [0.4, 0.5) is 4.39 Å². The van der Waals surface area contributed by atoms with Crippen molar-refractivity contribution in [2.75, 3.05) is 7.11 Å². The molecule has 0 amide bonds. The van der Waals surface area contributed by atoms with Gasteiger partial charge in [-0.25, -0.2) is 9.37 Å². The van der Waals surface area contributed by atoms with Gasteiger partial charge in [-0.3, -0.25) is 4.79 Å². The molecule has 0 saturated carbocycles. The first-order chi connectivity index (χ1) is 14.0. The van der Waals surface area contributed by atoms with E-state index in [-0.39, 0.29) is 12.2 Å². The smallest absolute Gasteiger partial charge is 0.307 e. The number of aliphatic carboxylic acids is 1. The van der Waals surface area contributed by atoms with Crippen LogP contribution in [-0.2, 0) is 24.1 Å². The monoisotopic (exact) mass is 394 g/mol. The van der Waals surface area contributed by atoms with Crippen molar-refractivity contribution in [3.8, 4) is 28.8 Å². The zero-order valence-corrected chi connectivity index (χ0v) is 15.8. The summed E-state index contributed by atoms with van der Waals surface area (Å²) in [7, 11) is 1.41. The first kappa shape index (κ1) is 18.9. The maximum atomic E-state index is 14.1. The Morgan fingerprint density at radius 2 is 1.93 bits per heavy atom. The molecule has 0 unspecified atom stereocenters. The van der Waals surface area contributed by atoms with Gasteiger partial charge < -0.3 is 14.6 Å². The Bertz CT molecular complexity index is 1070. The van der Waals surface area contributed by atoms with E-state index in [0.29, 0.717) is 28.6 Å². The van der Waals surface area contributed by atoms with E-state index in [1.165, 1.54) is 13.2 Å². The maximum absolute atomic E-state index is 14.1. The molecule has 6 nitrogen and oxygen atoms in total. The van der Waals surface area contributed by atoms with Gasteiger partial charge in [-0.15, -0.1) is 0 Å². The molecule has 148 valence electrons. The lowest BCUT2D eigenvalue weighted by atomic mass is 10.1. The number of carboxylic acid groups (broad SMARTS) is 1. The Balaban J connectivity index is 1.67. The number of ether oxygens (including phenoxy) is 2. The third kappa shape index (κ3) is 4.03. The second-order valence-corrected chi connectivity index (χ2v) is 6.80. The van der Waals surface area contributed by atoms with E-state index in [2.05, 4.69) is 9.97 Å². The normalized spacial score (nSPS) is 12.5. The minimum absolute atomic E-state index is 0.0453. The average Bonchev–Trinajstić information content (AvgIpc) is 3.18.